The lowest BCUT2D eigenvalue weighted by molar-refractivity contribution is 0.0973. The summed E-state index contributed by atoms with van der Waals surface area (Å²) in [5, 5.41) is 8.43. The summed E-state index contributed by atoms with van der Waals surface area (Å²) in [6.45, 7) is 0.919. The Labute approximate surface area is 95.7 Å². The molecule has 84 valence electrons. The average Bonchev–Trinajstić information content (AvgIpc) is 2.69. The van der Waals surface area contributed by atoms with Crippen LogP contribution in [-0.4, -0.2) is 10.4 Å². The van der Waals surface area contributed by atoms with Crippen LogP contribution in [0.5, 0.6) is 0 Å². The number of Topliss-reactive ketones (excluding diaryl/α,β-unsaturated/α-hetero) is 1. The number of fused-ring (bicyclic) bond motifs is 1. The van der Waals surface area contributed by atoms with Crippen molar-refractivity contribution < 1.29 is 4.79 Å². The Bertz CT molecular complexity index is 426. The average molecular weight is 216 g/mol. The first-order valence-corrected chi connectivity index (χ1v) is 5.90. The largest absolute Gasteiger partial charge is 0.353 e. The van der Waals surface area contributed by atoms with E-state index < -0.39 is 0 Å². The molecule has 0 radical (unpaired) electrons. The van der Waals surface area contributed by atoms with E-state index in [1.807, 2.05) is 6.20 Å². The fourth-order valence-corrected chi connectivity index (χ4v) is 2.21. The molecule has 0 aromatic carbocycles. The van der Waals surface area contributed by atoms with Gasteiger partial charge >= 0.3 is 0 Å². The van der Waals surface area contributed by atoms with Gasteiger partial charge in [-0.15, -0.1) is 0 Å². The number of unbranched alkanes of at least 4 members (excludes halogenated alkanes) is 2. The summed E-state index contributed by atoms with van der Waals surface area (Å²) < 4.78 is 2.10. The minimum absolute atomic E-state index is 0.289. The van der Waals surface area contributed by atoms with E-state index in [1.165, 1.54) is 5.56 Å². The number of nitrogens with zero attached hydrogens (tertiary/aromatic N) is 2. The molecule has 0 atom stereocenters. The number of nitriles is 1. The van der Waals surface area contributed by atoms with Gasteiger partial charge in [0.15, 0.2) is 5.78 Å². The number of rotatable bonds is 4. The van der Waals surface area contributed by atoms with Crippen LogP contribution in [0.4, 0.5) is 0 Å². The molecular weight excluding hydrogens is 200 g/mol. The Morgan fingerprint density at radius 1 is 1.31 bits per heavy atom. The van der Waals surface area contributed by atoms with Crippen LogP contribution >= 0.6 is 0 Å². The molecule has 0 saturated heterocycles. The molecule has 0 spiro atoms. The lowest BCUT2D eigenvalue weighted by atomic mass is 9.95. The first-order valence-electron chi connectivity index (χ1n) is 5.90. The van der Waals surface area contributed by atoms with Gasteiger partial charge in [0, 0.05) is 37.3 Å². The maximum Gasteiger partial charge on any atom is 0.164 e. The van der Waals surface area contributed by atoms with Gasteiger partial charge in [-0.25, -0.2) is 0 Å². The SMILES string of the molecule is N#CCCCCn1cc2c(c1)C(=O)CCC2. The molecule has 1 aromatic rings. The number of aryl methyl sites for hydroxylation is 2. The zero-order valence-corrected chi connectivity index (χ0v) is 9.41. The van der Waals surface area contributed by atoms with Gasteiger partial charge < -0.3 is 4.57 Å². The van der Waals surface area contributed by atoms with E-state index in [0.29, 0.717) is 12.8 Å². The molecule has 16 heavy (non-hydrogen) atoms. The Hall–Kier alpha value is -1.56. The molecule has 0 saturated carbocycles. The van der Waals surface area contributed by atoms with Crippen molar-refractivity contribution in [1.82, 2.24) is 4.57 Å². The van der Waals surface area contributed by atoms with E-state index in [1.54, 1.807) is 0 Å². The highest BCUT2D eigenvalue weighted by atomic mass is 16.1. The summed E-state index contributed by atoms with van der Waals surface area (Å²) in [6.07, 6.45) is 9.37. The second kappa shape index (κ2) is 4.98. The van der Waals surface area contributed by atoms with Crippen LogP contribution in [0.15, 0.2) is 12.4 Å². The standard InChI is InChI=1S/C13H16N2O/c14-7-2-1-3-8-15-9-11-5-4-6-13(16)12(11)10-15/h9-10H,1-6,8H2. The van der Waals surface area contributed by atoms with Crippen LogP contribution < -0.4 is 0 Å². The first kappa shape index (κ1) is 10.9. The number of ketones is 1. The van der Waals surface area contributed by atoms with Crippen LogP contribution in [0.2, 0.25) is 0 Å². The van der Waals surface area contributed by atoms with Crippen LogP contribution in [0.25, 0.3) is 0 Å². The van der Waals surface area contributed by atoms with Crippen molar-refractivity contribution in [2.24, 2.45) is 0 Å². The second-order valence-electron chi connectivity index (χ2n) is 4.33. The minimum Gasteiger partial charge on any atom is -0.353 e. The Morgan fingerprint density at radius 3 is 2.94 bits per heavy atom. The third-order valence-electron chi connectivity index (χ3n) is 3.07. The third-order valence-corrected chi connectivity index (χ3v) is 3.07. The molecular formula is C13H16N2O. The van der Waals surface area contributed by atoms with Crippen molar-refractivity contribution >= 4 is 5.78 Å². The van der Waals surface area contributed by atoms with Crippen LogP contribution in [0, 0.1) is 11.3 Å². The molecule has 3 nitrogen and oxygen atoms in total. The molecule has 0 aliphatic heterocycles. The van der Waals surface area contributed by atoms with Crippen molar-refractivity contribution in [3.05, 3.63) is 23.5 Å². The van der Waals surface area contributed by atoms with Crippen LogP contribution in [0.1, 0.15) is 48.0 Å². The van der Waals surface area contributed by atoms with Gasteiger partial charge in [-0.1, -0.05) is 0 Å². The van der Waals surface area contributed by atoms with E-state index in [4.69, 9.17) is 5.26 Å². The highest BCUT2D eigenvalue weighted by Crippen LogP contribution is 2.22. The van der Waals surface area contributed by atoms with Crippen molar-refractivity contribution in [3.8, 4) is 6.07 Å². The second-order valence-corrected chi connectivity index (χ2v) is 4.33. The maximum atomic E-state index is 11.6. The number of hydrogen-bond donors (Lipinski definition) is 0. The monoisotopic (exact) mass is 216 g/mol. The predicted octanol–water partition coefficient (Wildman–Crippen LogP) is 2.70. The lowest BCUT2D eigenvalue weighted by Crippen LogP contribution is -2.07. The number of aromatic nitrogens is 1. The van der Waals surface area contributed by atoms with Crippen LogP contribution in [-0.2, 0) is 13.0 Å². The van der Waals surface area contributed by atoms with Gasteiger partial charge in [-0.2, -0.15) is 5.26 Å². The Balaban J connectivity index is 1.96. The summed E-state index contributed by atoms with van der Waals surface area (Å²) in [6, 6.07) is 2.15. The molecule has 1 aliphatic rings. The zero-order valence-electron chi connectivity index (χ0n) is 9.41. The first-order chi connectivity index (χ1) is 7.81. The van der Waals surface area contributed by atoms with Gasteiger partial charge in [0.2, 0.25) is 0 Å². The van der Waals surface area contributed by atoms with E-state index in [2.05, 4.69) is 16.8 Å². The maximum absolute atomic E-state index is 11.6. The molecule has 0 unspecified atom stereocenters. The molecule has 0 fully saturated rings. The fourth-order valence-electron chi connectivity index (χ4n) is 2.21. The van der Waals surface area contributed by atoms with Gasteiger partial charge in [-0.05, 0) is 31.2 Å². The van der Waals surface area contributed by atoms with Crippen molar-refractivity contribution in [3.63, 3.8) is 0 Å². The molecule has 1 aliphatic carbocycles. The molecule has 0 amide bonds. The summed E-state index contributed by atoms with van der Waals surface area (Å²) >= 11 is 0. The number of hydrogen-bond acceptors (Lipinski definition) is 2. The summed E-state index contributed by atoms with van der Waals surface area (Å²) in [5.74, 6) is 0.289. The number of carbonyl (C=O) groups excluding carboxylic acids is 1. The lowest BCUT2D eigenvalue weighted by Gasteiger charge is -2.07. The quantitative estimate of drug-likeness (QED) is 0.726. The van der Waals surface area contributed by atoms with Gasteiger partial charge in [0.1, 0.15) is 0 Å². The summed E-state index contributed by atoms with van der Waals surface area (Å²) in [4.78, 5) is 11.6. The van der Waals surface area contributed by atoms with E-state index in [-0.39, 0.29) is 5.78 Å². The summed E-state index contributed by atoms with van der Waals surface area (Å²) in [7, 11) is 0. The Morgan fingerprint density at radius 2 is 2.19 bits per heavy atom. The highest BCUT2D eigenvalue weighted by Gasteiger charge is 2.18. The van der Waals surface area contributed by atoms with Crippen molar-refractivity contribution in [1.29, 1.82) is 5.26 Å². The third kappa shape index (κ3) is 2.33. The van der Waals surface area contributed by atoms with Crippen LogP contribution in [0.3, 0.4) is 0 Å². The van der Waals surface area contributed by atoms with Gasteiger partial charge in [-0.3, -0.25) is 4.79 Å². The van der Waals surface area contributed by atoms with E-state index in [9.17, 15) is 4.79 Å². The van der Waals surface area contributed by atoms with Crippen molar-refractivity contribution in [2.45, 2.75) is 45.1 Å². The topological polar surface area (TPSA) is 45.8 Å². The van der Waals surface area contributed by atoms with E-state index >= 15 is 0 Å². The molecule has 0 bridgehead atoms. The predicted molar refractivity (Wildman–Crippen MR) is 61.2 cm³/mol. The molecule has 1 aromatic heterocycles. The van der Waals surface area contributed by atoms with Crippen molar-refractivity contribution in [2.75, 3.05) is 0 Å². The fraction of sp³-hybridized carbons (Fsp3) is 0.538. The van der Waals surface area contributed by atoms with E-state index in [0.717, 1.165) is 37.8 Å². The zero-order chi connectivity index (χ0) is 11.4. The molecule has 1 heterocycles. The molecule has 0 N–H and O–H groups in total. The molecule has 2 rings (SSSR count). The highest BCUT2D eigenvalue weighted by molar-refractivity contribution is 5.98. The van der Waals surface area contributed by atoms with Gasteiger partial charge in [0.25, 0.3) is 0 Å². The minimum atomic E-state index is 0.289. The molecule has 3 heteroatoms. The Kier molecular flexibility index (Phi) is 3.40. The van der Waals surface area contributed by atoms with Gasteiger partial charge in [0.05, 0.1) is 6.07 Å². The summed E-state index contributed by atoms with van der Waals surface area (Å²) in [5.41, 5.74) is 2.13. The number of carbonyl (C=O) groups is 1. The smallest absolute Gasteiger partial charge is 0.164 e. The normalized spacial score (nSPS) is 14.6.